The normalized spacial score (nSPS) is 10.5. The maximum Gasteiger partial charge on any atom is 0.142 e. The van der Waals surface area contributed by atoms with E-state index in [0.29, 0.717) is 0 Å². The van der Waals surface area contributed by atoms with Crippen molar-refractivity contribution in [3.8, 4) is 0 Å². The summed E-state index contributed by atoms with van der Waals surface area (Å²) < 4.78 is 1.09. The number of halogens is 2. The molecular formula is C15H15BrClN3S. The summed E-state index contributed by atoms with van der Waals surface area (Å²) in [6.07, 6.45) is 1.61. The Bertz CT molecular complexity index is 801. The lowest BCUT2D eigenvalue weighted by Gasteiger charge is -2.08. The van der Waals surface area contributed by atoms with Crippen molar-refractivity contribution in [2.24, 2.45) is 0 Å². The zero-order valence-corrected chi connectivity index (χ0v) is 15.1. The molecule has 0 aliphatic heterocycles. The fraction of sp³-hybridized carbons (Fsp3) is 0.200. The van der Waals surface area contributed by atoms with Crippen LogP contribution in [-0.2, 0) is 0 Å². The van der Waals surface area contributed by atoms with Gasteiger partial charge in [0.1, 0.15) is 17.0 Å². The third-order valence-electron chi connectivity index (χ3n) is 3.40. The molecule has 0 bridgehead atoms. The number of hydrogen-bond acceptors (Lipinski definition) is 4. The molecule has 0 saturated heterocycles. The van der Waals surface area contributed by atoms with E-state index in [2.05, 4.69) is 70.2 Å². The minimum atomic E-state index is 0. The maximum absolute atomic E-state index is 4.40. The van der Waals surface area contributed by atoms with E-state index in [1.807, 2.05) is 0 Å². The second kappa shape index (κ2) is 6.30. The highest BCUT2D eigenvalue weighted by atomic mass is 79.9. The van der Waals surface area contributed by atoms with Crippen LogP contribution >= 0.6 is 39.7 Å². The third kappa shape index (κ3) is 3.05. The Hall–Kier alpha value is -1.17. The summed E-state index contributed by atoms with van der Waals surface area (Å²) in [6, 6.07) is 6.21. The van der Waals surface area contributed by atoms with Gasteiger partial charge in [0.25, 0.3) is 0 Å². The second-order valence-electron chi connectivity index (χ2n) is 4.77. The summed E-state index contributed by atoms with van der Waals surface area (Å²) in [7, 11) is 0. The van der Waals surface area contributed by atoms with Crippen LogP contribution in [0.4, 0.5) is 11.5 Å². The summed E-state index contributed by atoms with van der Waals surface area (Å²) in [5.74, 6) is 0.868. The molecule has 3 nitrogen and oxygen atoms in total. The van der Waals surface area contributed by atoms with E-state index >= 15 is 0 Å². The van der Waals surface area contributed by atoms with E-state index in [1.165, 1.54) is 16.0 Å². The zero-order valence-electron chi connectivity index (χ0n) is 11.9. The number of nitrogens with zero attached hydrogens (tertiary/aromatic N) is 2. The van der Waals surface area contributed by atoms with Gasteiger partial charge in [-0.2, -0.15) is 0 Å². The van der Waals surface area contributed by atoms with Gasteiger partial charge in [0.05, 0.1) is 5.39 Å². The van der Waals surface area contributed by atoms with Crippen molar-refractivity contribution < 1.29 is 0 Å². The molecule has 3 aromatic rings. The van der Waals surface area contributed by atoms with Gasteiger partial charge in [0, 0.05) is 15.0 Å². The van der Waals surface area contributed by atoms with Gasteiger partial charge in [-0.1, -0.05) is 22.0 Å². The predicted octanol–water partition coefficient (Wildman–Crippen LogP) is 5.54. The predicted molar refractivity (Wildman–Crippen MR) is 96.3 cm³/mol. The third-order valence-corrected chi connectivity index (χ3v) is 5.37. The molecule has 0 saturated carbocycles. The highest BCUT2D eigenvalue weighted by Crippen LogP contribution is 2.34. The average molecular weight is 385 g/mol. The highest BCUT2D eigenvalue weighted by molar-refractivity contribution is 9.10. The van der Waals surface area contributed by atoms with Crippen LogP contribution in [0.25, 0.3) is 10.2 Å². The highest BCUT2D eigenvalue weighted by Gasteiger charge is 2.12. The smallest absolute Gasteiger partial charge is 0.142 e. The molecule has 0 unspecified atom stereocenters. The molecule has 0 amide bonds. The average Bonchev–Trinajstić information content (AvgIpc) is 2.71. The van der Waals surface area contributed by atoms with Crippen LogP contribution in [0.15, 0.2) is 29.0 Å². The van der Waals surface area contributed by atoms with Gasteiger partial charge in [-0.05, 0) is 44.0 Å². The monoisotopic (exact) mass is 383 g/mol. The fourth-order valence-corrected chi connectivity index (χ4v) is 3.46. The first kappa shape index (κ1) is 16.2. The van der Waals surface area contributed by atoms with E-state index in [-0.39, 0.29) is 12.4 Å². The maximum atomic E-state index is 4.40. The number of aryl methyl sites for hydroxylation is 3. The van der Waals surface area contributed by atoms with Crippen LogP contribution in [0.2, 0.25) is 0 Å². The largest absolute Gasteiger partial charge is 0.340 e. The van der Waals surface area contributed by atoms with Crippen molar-refractivity contribution in [2.75, 3.05) is 5.32 Å². The van der Waals surface area contributed by atoms with Crippen LogP contribution in [0.3, 0.4) is 0 Å². The molecular weight excluding hydrogens is 370 g/mol. The van der Waals surface area contributed by atoms with Crippen LogP contribution in [0.1, 0.15) is 16.0 Å². The van der Waals surface area contributed by atoms with Crippen LogP contribution in [-0.4, -0.2) is 9.97 Å². The Kier molecular flexibility index (Phi) is 4.86. The van der Waals surface area contributed by atoms with Crippen molar-refractivity contribution in [1.29, 1.82) is 0 Å². The topological polar surface area (TPSA) is 37.8 Å². The number of nitrogens with one attached hydrogen (secondary N) is 1. The van der Waals surface area contributed by atoms with Crippen molar-refractivity contribution in [3.05, 3.63) is 45.0 Å². The molecule has 0 atom stereocenters. The summed E-state index contributed by atoms with van der Waals surface area (Å²) in [5, 5.41) is 4.51. The van der Waals surface area contributed by atoms with E-state index in [4.69, 9.17) is 0 Å². The van der Waals surface area contributed by atoms with Crippen molar-refractivity contribution in [1.82, 2.24) is 9.97 Å². The fourth-order valence-electron chi connectivity index (χ4n) is 2.08. The van der Waals surface area contributed by atoms with Gasteiger partial charge >= 0.3 is 0 Å². The first-order valence-electron chi connectivity index (χ1n) is 6.30. The van der Waals surface area contributed by atoms with Gasteiger partial charge in [-0.3, -0.25) is 0 Å². The lowest BCUT2D eigenvalue weighted by atomic mass is 10.2. The van der Waals surface area contributed by atoms with Crippen LogP contribution < -0.4 is 5.32 Å². The molecule has 21 heavy (non-hydrogen) atoms. The van der Waals surface area contributed by atoms with Gasteiger partial charge in [0.2, 0.25) is 0 Å². The molecule has 0 radical (unpaired) electrons. The Labute approximate surface area is 142 Å². The first-order valence-corrected chi connectivity index (χ1v) is 7.91. The zero-order chi connectivity index (χ0) is 14.3. The molecule has 0 spiro atoms. The van der Waals surface area contributed by atoms with Gasteiger partial charge < -0.3 is 5.32 Å². The van der Waals surface area contributed by atoms with Crippen molar-refractivity contribution in [3.63, 3.8) is 0 Å². The molecule has 3 rings (SSSR count). The molecule has 1 N–H and O–H groups in total. The van der Waals surface area contributed by atoms with Gasteiger partial charge in [-0.25, -0.2) is 9.97 Å². The minimum absolute atomic E-state index is 0. The van der Waals surface area contributed by atoms with Crippen LogP contribution in [0, 0.1) is 20.8 Å². The van der Waals surface area contributed by atoms with Gasteiger partial charge in [0.15, 0.2) is 0 Å². The quantitative estimate of drug-likeness (QED) is 0.630. The first-order chi connectivity index (χ1) is 9.56. The van der Waals surface area contributed by atoms with E-state index in [0.717, 1.165) is 26.2 Å². The Balaban J connectivity index is 0.00000161. The number of benzene rings is 1. The van der Waals surface area contributed by atoms with E-state index < -0.39 is 0 Å². The van der Waals surface area contributed by atoms with Gasteiger partial charge in [-0.15, -0.1) is 23.7 Å². The molecule has 0 fully saturated rings. The Morgan fingerprint density at radius 1 is 1.14 bits per heavy atom. The molecule has 2 aromatic heterocycles. The number of thiophene rings is 1. The molecule has 0 aliphatic rings. The van der Waals surface area contributed by atoms with Crippen LogP contribution in [0.5, 0.6) is 0 Å². The summed E-state index contributed by atoms with van der Waals surface area (Å²) in [6.45, 7) is 6.31. The van der Waals surface area contributed by atoms with E-state index in [9.17, 15) is 0 Å². The SMILES string of the molecule is Cc1ccc(Nc2ncnc3sc(C)c(C)c23)cc1Br.Cl. The summed E-state index contributed by atoms with van der Waals surface area (Å²) in [4.78, 5) is 11.1. The lowest BCUT2D eigenvalue weighted by molar-refractivity contribution is 1.22. The molecule has 110 valence electrons. The standard InChI is InChI=1S/C15H14BrN3S.ClH/c1-8-4-5-11(6-12(8)16)19-14-13-9(2)10(3)20-15(13)18-7-17-14;/h4-7H,1-3H3,(H,17,18,19);1H. The number of fused-ring (bicyclic) bond motifs is 1. The summed E-state index contributed by atoms with van der Waals surface area (Å²) >= 11 is 5.27. The molecule has 6 heteroatoms. The number of hydrogen-bond donors (Lipinski definition) is 1. The minimum Gasteiger partial charge on any atom is -0.340 e. The Morgan fingerprint density at radius 3 is 2.62 bits per heavy atom. The second-order valence-corrected chi connectivity index (χ2v) is 6.83. The van der Waals surface area contributed by atoms with Crippen molar-refractivity contribution in [2.45, 2.75) is 20.8 Å². The Morgan fingerprint density at radius 2 is 1.90 bits per heavy atom. The van der Waals surface area contributed by atoms with Crippen molar-refractivity contribution >= 4 is 61.4 Å². The number of aromatic nitrogens is 2. The number of rotatable bonds is 2. The lowest BCUT2D eigenvalue weighted by Crippen LogP contribution is -1.96. The molecule has 2 heterocycles. The molecule has 0 aliphatic carbocycles. The summed E-state index contributed by atoms with van der Waals surface area (Å²) in [5.41, 5.74) is 3.48. The van der Waals surface area contributed by atoms with E-state index in [1.54, 1.807) is 17.7 Å². The molecule has 1 aromatic carbocycles. The number of anilines is 2.